The van der Waals surface area contributed by atoms with E-state index in [2.05, 4.69) is 5.10 Å². The van der Waals surface area contributed by atoms with Gasteiger partial charge in [0.15, 0.2) is 5.65 Å². The van der Waals surface area contributed by atoms with Crippen LogP contribution >= 0.6 is 22.7 Å². The van der Waals surface area contributed by atoms with Crippen LogP contribution in [0.15, 0.2) is 60.1 Å². The van der Waals surface area contributed by atoms with Gasteiger partial charge in [0, 0.05) is 48.8 Å². The molecule has 1 amide bonds. The fraction of sp³-hybridized carbons (Fsp3) is 0.258. The molecule has 6 aromatic rings. The summed E-state index contributed by atoms with van der Waals surface area (Å²) in [6.07, 6.45) is 1.89. The van der Waals surface area contributed by atoms with Crippen molar-refractivity contribution < 1.29 is 19.0 Å². The van der Waals surface area contributed by atoms with E-state index in [0.29, 0.717) is 36.8 Å². The van der Waals surface area contributed by atoms with Crippen molar-refractivity contribution in [2.45, 2.75) is 20.5 Å². The van der Waals surface area contributed by atoms with Crippen LogP contribution in [0.5, 0.6) is 11.5 Å². The topological polar surface area (TPSA) is 104 Å². The van der Waals surface area contributed by atoms with Crippen LogP contribution in [-0.4, -0.2) is 69.3 Å². The summed E-state index contributed by atoms with van der Waals surface area (Å²) in [7, 11) is 3.40. The van der Waals surface area contributed by atoms with Gasteiger partial charge in [-0.05, 0) is 38.1 Å². The molecule has 0 N–H and O–H groups in total. The molecule has 6 rings (SSSR count). The molecule has 220 valence electrons. The van der Waals surface area contributed by atoms with E-state index in [4.69, 9.17) is 29.2 Å². The predicted molar refractivity (Wildman–Crippen MR) is 168 cm³/mol. The molecule has 0 spiro atoms. The normalized spacial score (nSPS) is 11.3. The van der Waals surface area contributed by atoms with Gasteiger partial charge in [0.2, 0.25) is 0 Å². The van der Waals surface area contributed by atoms with E-state index in [1.807, 2.05) is 74.0 Å². The predicted octanol–water partition coefficient (Wildman–Crippen LogP) is 6.13. The molecule has 43 heavy (non-hydrogen) atoms. The summed E-state index contributed by atoms with van der Waals surface area (Å²) in [4.78, 5) is 28.7. The Balaban J connectivity index is 1.17. The number of rotatable bonds is 11. The highest BCUT2D eigenvalue weighted by atomic mass is 32.1. The molecule has 0 saturated carbocycles. The summed E-state index contributed by atoms with van der Waals surface area (Å²) in [6, 6.07) is 15.2. The van der Waals surface area contributed by atoms with Gasteiger partial charge in [0.1, 0.15) is 33.8 Å². The van der Waals surface area contributed by atoms with Crippen LogP contribution < -0.4 is 9.47 Å². The Kier molecular flexibility index (Phi) is 8.32. The molecule has 10 nitrogen and oxygen atoms in total. The maximum atomic E-state index is 12.7. The molecule has 4 heterocycles. The third-order valence-corrected chi connectivity index (χ3v) is 8.81. The van der Waals surface area contributed by atoms with E-state index in [0.717, 1.165) is 48.5 Å². The summed E-state index contributed by atoms with van der Waals surface area (Å²) < 4.78 is 19.8. The number of methoxy groups -OCH3 is 1. The van der Waals surface area contributed by atoms with Gasteiger partial charge in [-0.15, -0.1) is 22.7 Å². The van der Waals surface area contributed by atoms with E-state index in [-0.39, 0.29) is 12.5 Å². The van der Waals surface area contributed by atoms with Gasteiger partial charge >= 0.3 is 0 Å². The number of benzene rings is 2. The molecular formula is C31H30N6O4S2. The number of amides is 1. The average molecular weight is 615 g/mol. The monoisotopic (exact) mass is 614 g/mol. The lowest BCUT2D eigenvalue weighted by molar-refractivity contribution is 0.0710. The number of thiazole rings is 2. The molecule has 12 heteroatoms. The van der Waals surface area contributed by atoms with Crippen LogP contribution in [-0.2, 0) is 11.3 Å². The number of carbonyl (C=O) groups excluding carboxylic acids is 1. The molecule has 2 aromatic carbocycles. The van der Waals surface area contributed by atoms with Gasteiger partial charge in [0.25, 0.3) is 5.91 Å². The maximum Gasteiger partial charge on any atom is 0.253 e. The highest BCUT2D eigenvalue weighted by Crippen LogP contribution is 2.39. The minimum Gasteiger partial charge on any atom is -0.497 e. The number of fused-ring (bicyclic) bond motifs is 2. The minimum atomic E-state index is -0.0386. The van der Waals surface area contributed by atoms with Gasteiger partial charge in [-0.1, -0.05) is 12.1 Å². The quantitative estimate of drug-likeness (QED) is 0.161. The number of aromatic nitrogens is 5. The zero-order chi connectivity index (χ0) is 29.9. The first-order valence-electron chi connectivity index (χ1n) is 13.7. The summed E-state index contributed by atoms with van der Waals surface area (Å²) in [5.74, 6) is 1.29. The summed E-state index contributed by atoms with van der Waals surface area (Å²) in [5.41, 5.74) is 5.57. The van der Waals surface area contributed by atoms with Gasteiger partial charge in [-0.25, -0.2) is 19.5 Å². The number of carbonyl (C=O) groups is 1. The Hall–Kier alpha value is -4.39. The van der Waals surface area contributed by atoms with Crippen molar-refractivity contribution in [3.63, 3.8) is 0 Å². The van der Waals surface area contributed by atoms with Gasteiger partial charge < -0.3 is 19.1 Å². The van der Waals surface area contributed by atoms with Crippen molar-refractivity contribution in [2.24, 2.45) is 0 Å². The lowest BCUT2D eigenvalue weighted by Gasteiger charge is -2.17. The van der Waals surface area contributed by atoms with Gasteiger partial charge in [-0.3, -0.25) is 4.79 Å². The largest absolute Gasteiger partial charge is 0.497 e. The highest BCUT2D eigenvalue weighted by molar-refractivity contribution is 7.22. The van der Waals surface area contributed by atoms with Crippen molar-refractivity contribution >= 4 is 44.4 Å². The molecule has 0 aliphatic carbocycles. The molecule has 0 aliphatic heterocycles. The van der Waals surface area contributed by atoms with Crippen molar-refractivity contribution in [1.82, 2.24) is 29.5 Å². The van der Waals surface area contributed by atoms with Gasteiger partial charge in [-0.2, -0.15) is 5.10 Å². The molecule has 0 unspecified atom stereocenters. The van der Waals surface area contributed by atoms with E-state index >= 15 is 0 Å². The Morgan fingerprint density at radius 2 is 1.88 bits per heavy atom. The number of hydrogen-bond donors (Lipinski definition) is 0. The lowest BCUT2D eigenvalue weighted by atomic mass is 10.1. The fourth-order valence-electron chi connectivity index (χ4n) is 4.47. The summed E-state index contributed by atoms with van der Waals surface area (Å²) in [6.45, 7) is 5.87. The number of ether oxygens (including phenoxy) is 3. The number of imidazole rings is 1. The molecule has 4 aromatic heterocycles. The van der Waals surface area contributed by atoms with Crippen LogP contribution in [0.3, 0.4) is 0 Å². The number of hydrogen-bond acceptors (Lipinski definition) is 10. The molecule has 0 aliphatic rings. The Morgan fingerprint density at radius 3 is 2.67 bits per heavy atom. The average Bonchev–Trinajstić information content (AvgIpc) is 3.77. The number of aryl methyl sites for hydroxylation is 1. The molecule has 0 bridgehead atoms. The fourth-order valence-corrected chi connectivity index (χ4v) is 6.25. The molecule has 0 saturated heterocycles. The number of nitrogens with zero attached hydrogens (tertiary/aromatic N) is 6. The van der Waals surface area contributed by atoms with Crippen LogP contribution in [0, 0.1) is 6.92 Å². The highest BCUT2D eigenvalue weighted by Gasteiger charge is 2.17. The SMILES string of the molecule is CCOCCN(C)C(=O)c1ccc(-c2nc(COc3cc(OC)cc4nc(-c5cn6nc(C)ccc6n5)sc34)cs2)cc1. The number of likely N-dealkylation sites (N-methyl/N-ethyl adjacent to an activating group) is 1. The van der Waals surface area contributed by atoms with Crippen molar-refractivity contribution in [1.29, 1.82) is 0 Å². The maximum absolute atomic E-state index is 12.7. The van der Waals surface area contributed by atoms with Crippen molar-refractivity contribution in [3.8, 4) is 32.8 Å². The van der Waals surface area contributed by atoms with Crippen molar-refractivity contribution in [3.05, 3.63) is 77.1 Å². The smallest absolute Gasteiger partial charge is 0.253 e. The second-order valence-corrected chi connectivity index (χ2v) is 11.7. The van der Waals surface area contributed by atoms with E-state index in [9.17, 15) is 4.79 Å². The van der Waals surface area contributed by atoms with E-state index in [1.165, 1.54) is 22.7 Å². The first-order chi connectivity index (χ1) is 20.9. The third-order valence-electron chi connectivity index (χ3n) is 6.77. The van der Waals surface area contributed by atoms with Gasteiger partial charge in [0.05, 0.1) is 41.5 Å². The standard InChI is InChI=1S/C31H30N6O4S2/c1-5-40-13-12-36(3)31(38)21-9-7-20(8-10-21)29-32-22(18-42-29)17-41-26-15-23(39-4)14-24-28(26)43-30(34-24)25-16-37-27(33-25)11-6-19(2)35-37/h6-11,14-16,18H,5,12-13,17H2,1-4H3. The van der Waals surface area contributed by atoms with Crippen LogP contribution in [0.2, 0.25) is 0 Å². The summed E-state index contributed by atoms with van der Waals surface area (Å²) in [5, 5.41) is 8.11. The van der Waals surface area contributed by atoms with Crippen molar-refractivity contribution in [2.75, 3.05) is 33.9 Å². The van der Waals surface area contributed by atoms with Crippen LogP contribution in [0.4, 0.5) is 0 Å². The lowest BCUT2D eigenvalue weighted by Crippen LogP contribution is -2.30. The second-order valence-electron chi connectivity index (χ2n) is 9.83. The first-order valence-corrected chi connectivity index (χ1v) is 15.4. The van der Waals surface area contributed by atoms with E-state index in [1.54, 1.807) is 23.6 Å². The molecular weight excluding hydrogens is 585 g/mol. The zero-order valence-electron chi connectivity index (χ0n) is 24.2. The molecule has 0 radical (unpaired) electrons. The molecule has 0 fully saturated rings. The zero-order valence-corrected chi connectivity index (χ0v) is 25.9. The third kappa shape index (κ3) is 6.21. The Morgan fingerprint density at radius 1 is 1.05 bits per heavy atom. The Bertz CT molecular complexity index is 1900. The minimum absolute atomic E-state index is 0.0386. The molecule has 0 atom stereocenters. The van der Waals surface area contributed by atoms with Crippen LogP contribution in [0.1, 0.15) is 28.7 Å². The first kappa shape index (κ1) is 28.7. The summed E-state index contributed by atoms with van der Waals surface area (Å²) >= 11 is 3.05. The second kappa shape index (κ2) is 12.5. The van der Waals surface area contributed by atoms with Crippen LogP contribution in [0.25, 0.3) is 37.1 Å². The van der Waals surface area contributed by atoms with E-state index < -0.39 is 0 Å². The Labute approximate surface area is 256 Å².